The number of benzene rings is 1. The SMILES string of the molecule is COC(=O)CCCN1C(=O)/C(=C/c2ccc(-c3ccccc3F)o2)SC1=S. The van der Waals surface area contributed by atoms with Crippen LogP contribution in [0.25, 0.3) is 17.4 Å². The van der Waals surface area contributed by atoms with E-state index in [-0.39, 0.29) is 24.1 Å². The molecule has 5 nitrogen and oxygen atoms in total. The zero-order chi connectivity index (χ0) is 19.4. The van der Waals surface area contributed by atoms with Gasteiger partial charge in [0, 0.05) is 19.0 Å². The lowest BCUT2D eigenvalue weighted by Crippen LogP contribution is -2.29. The van der Waals surface area contributed by atoms with Crippen LogP contribution < -0.4 is 0 Å². The first-order valence-corrected chi connectivity index (χ1v) is 9.39. The number of rotatable bonds is 6. The fraction of sp³-hybridized carbons (Fsp3) is 0.211. The molecule has 1 aliphatic rings. The van der Waals surface area contributed by atoms with Gasteiger partial charge in [0.1, 0.15) is 21.7 Å². The lowest BCUT2D eigenvalue weighted by atomic mass is 10.1. The average molecular weight is 405 g/mol. The fourth-order valence-electron chi connectivity index (χ4n) is 2.54. The van der Waals surface area contributed by atoms with Crippen LogP contribution >= 0.6 is 24.0 Å². The molecule has 140 valence electrons. The first-order valence-electron chi connectivity index (χ1n) is 8.16. The van der Waals surface area contributed by atoms with Crippen molar-refractivity contribution >= 4 is 46.3 Å². The van der Waals surface area contributed by atoms with E-state index in [9.17, 15) is 14.0 Å². The number of methoxy groups -OCH3 is 1. The van der Waals surface area contributed by atoms with Gasteiger partial charge in [-0.05, 0) is 30.7 Å². The zero-order valence-electron chi connectivity index (χ0n) is 14.4. The Bertz CT molecular complexity index is 922. The number of furan rings is 1. The minimum atomic E-state index is -0.379. The molecule has 0 N–H and O–H groups in total. The summed E-state index contributed by atoms with van der Waals surface area (Å²) in [6, 6.07) is 9.64. The van der Waals surface area contributed by atoms with E-state index in [0.29, 0.717) is 39.3 Å². The summed E-state index contributed by atoms with van der Waals surface area (Å²) in [5.74, 6) is -0.127. The summed E-state index contributed by atoms with van der Waals surface area (Å²) in [4.78, 5) is 25.6. The zero-order valence-corrected chi connectivity index (χ0v) is 16.1. The van der Waals surface area contributed by atoms with Crippen LogP contribution in [0.5, 0.6) is 0 Å². The summed E-state index contributed by atoms with van der Waals surface area (Å²) < 4.78 is 24.5. The Hall–Kier alpha value is -2.45. The van der Waals surface area contributed by atoms with Crippen LogP contribution in [0.3, 0.4) is 0 Å². The van der Waals surface area contributed by atoms with Crippen LogP contribution in [0, 0.1) is 5.82 Å². The predicted molar refractivity (Wildman–Crippen MR) is 105 cm³/mol. The van der Waals surface area contributed by atoms with Crippen molar-refractivity contribution in [3.63, 3.8) is 0 Å². The van der Waals surface area contributed by atoms with Crippen molar-refractivity contribution in [3.8, 4) is 11.3 Å². The molecule has 0 saturated carbocycles. The number of thiocarbonyl (C=S) groups is 1. The van der Waals surface area contributed by atoms with Crippen LogP contribution in [0.1, 0.15) is 18.6 Å². The van der Waals surface area contributed by atoms with Crippen LogP contribution in [0.4, 0.5) is 4.39 Å². The number of ether oxygens (including phenoxy) is 1. The van der Waals surface area contributed by atoms with Crippen molar-refractivity contribution < 1.29 is 23.1 Å². The highest BCUT2D eigenvalue weighted by Crippen LogP contribution is 2.34. The number of carbonyl (C=O) groups is 2. The second-order valence-corrected chi connectivity index (χ2v) is 7.37. The van der Waals surface area contributed by atoms with E-state index in [0.717, 1.165) is 0 Å². The van der Waals surface area contributed by atoms with Gasteiger partial charge in [0.25, 0.3) is 5.91 Å². The third kappa shape index (κ3) is 4.45. The Kier molecular flexibility index (Phi) is 6.08. The number of carbonyl (C=O) groups excluding carboxylic acids is 2. The Morgan fingerprint density at radius 3 is 2.85 bits per heavy atom. The Morgan fingerprint density at radius 2 is 2.11 bits per heavy atom. The summed E-state index contributed by atoms with van der Waals surface area (Å²) >= 11 is 6.42. The maximum atomic E-state index is 13.9. The standard InChI is InChI=1S/C19H16FNO4S2/c1-24-17(22)7-4-10-21-18(23)16(27-19(21)26)11-12-8-9-15(25-12)13-5-2-3-6-14(13)20/h2-3,5-6,8-9,11H,4,7,10H2,1H3/b16-11-. The smallest absolute Gasteiger partial charge is 0.305 e. The lowest BCUT2D eigenvalue weighted by Gasteiger charge is -2.13. The average Bonchev–Trinajstić information content (AvgIpc) is 3.22. The summed E-state index contributed by atoms with van der Waals surface area (Å²) in [5, 5.41) is 0. The minimum absolute atomic E-state index is 0.219. The second-order valence-electron chi connectivity index (χ2n) is 5.69. The molecule has 2 aromatic rings. The monoisotopic (exact) mass is 405 g/mol. The highest BCUT2D eigenvalue weighted by atomic mass is 32.2. The topological polar surface area (TPSA) is 59.8 Å². The molecule has 0 unspecified atom stereocenters. The van der Waals surface area contributed by atoms with Crippen LogP contribution in [-0.4, -0.2) is 34.8 Å². The molecule has 8 heteroatoms. The highest BCUT2D eigenvalue weighted by Gasteiger charge is 2.32. The van der Waals surface area contributed by atoms with Gasteiger partial charge in [-0.2, -0.15) is 0 Å². The van der Waals surface area contributed by atoms with Crippen molar-refractivity contribution in [3.05, 3.63) is 52.9 Å². The summed E-state index contributed by atoms with van der Waals surface area (Å²) in [5.41, 5.74) is 0.354. The quantitative estimate of drug-likeness (QED) is 0.407. The summed E-state index contributed by atoms with van der Waals surface area (Å²) in [6.45, 7) is 0.343. The van der Waals surface area contributed by atoms with Gasteiger partial charge in [0.15, 0.2) is 0 Å². The van der Waals surface area contributed by atoms with Crippen molar-refractivity contribution in [1.29, 1.82) is 0 Å². The van der Waals surface area contributed by atoms with Crippen LogP contribution in [-0.2, 0) is 14.3 Å². The summed E-state index contributed by atoms with van der Waals surface area (Å²) in [6.07, 6.45) is 2.27. The Balaban J connectivity index is 1.71. The van der Waals surface area contributed by atoms with Gasteiger partial charge in [0.2, 0.25) is 0 Å². The van der Waals surface area contributed by atoms with Gasteiger partial charge in [-0.15, -0.1) is 0 Å². The first-order chi connectivity index (χ1) is 13.0. The molecule has 0 spiro atoms. The number of hydrogen-bond donors (Lipinski definition) is 0. The molecule has 0 atom stereocenters. The molecule has 0 aliphatic carbocycles. The van der Waals surface area contributed by atoms with Crippen molar-refractivity contribution in [1.82, 2.24) is 4.90 Å². The van der Waals surface area contributed by atoms with Gasteiger partial charge in [-0.1, -0.05) is 36.1 Å². The van der Waals surface area contributed by atoms with E-state index in [4.69, 9.17) is 16.6 Å². The van der Waals surface area contributed by atoms with Crippen molar-refractivity contribution in [2.75, 3.05) is 13.7 Å². The molecular formula is C19H16FNO4S2. The third-order valence-corrected chi connectivity index (χ3v) is 5.28. The molecule has 0 radical (unpaired) electrons. The van der Waals surface area contributed by atoms with Crippen molar-refractivity contribution in [2.24, 2.45) is 0 Å². The number of amides is 1. The van der Waals surface area contributed by atoms with Crippen LogP contribution in [0.2, 0.25) is 0 Å². The second kappa shape index (κ2) is 8.49. The molecular weight excluding hydrogens is 389 g/mol. The molecule has 1 saturated heterocycles. The molecule has 1 amide bonds. The fourth-order valence-corrected chi connectivity index (χ4v) is 3.83. The van der Waals surface area contributed by atoms with E-state index in [1.54, 1.807) is 36.4 Å². The van der Waals surface area contributed by atoms with Gasteiger partial charge >= 0.3 is 5.97 Å². The van der Waals surface area contributed by atoms with Gasteiger partial charge < -0.3 is 9.15 Å². The number of nitrogens with zero attached hydrogens (tertiary/aromatic N) is 1. The minimum Gasteiger partial charge on any atom is -0.469 e. The molecule has 1 fully saturated rings. The molecule has 0 bridgehead atoms. The predicted octanol–water partition coefficient (Wildman–Crippen LogP) is 4.24. The maximum absolute atomic E-state index is 13.9. The van der Waals surface area contributed by atoms with E-state index in [1.165, 1.54) is 29.8 Å². The largest absolute Gasteiger partial charge is 0.469 e. The van der Waals surface area contributed by atoms with Gasteiger partial charge in [-0.3, -0.25) is 14.5 Å². The number of halogens is 1. The lowest BCUT2D eigenvalue weighted by molar-refractivity contribution is -0.141. The number of hydrogen-bond acceptors (Lipinski definition) is 6. The van der Waals surface area contributed by atoms with Gasteiger partial charge in [0.05, 0.1) is 17.6 Å². The Morgan fingerprint density at radius 1 is 1.33 bits per heavy atom. The van der Waals surface area contributed by atoms with Crippen LogP contribution in [0.15, 0.2) is 45.7 Å². The number of esters is 1. The van der Waals surface area contributed by atoms with Crippen molar-refractivity contribution in [2.45, 2.75) is 12.8 Å². The normalized spacial score (nSPS) is 15.6. The van der Waals surface area contributed by atoms with E-state index >= 15 is 0 Å². The molecule has 27 heavy (non-hydrogen) atoms. The highest BCUT2D eigenvalue weighted by molar-refractivity contribution is 8.26. The molecule has 1 aromatic heterocycles. The molecule has 1 aliphatic heterocycles. The summed E-state index contributed by atoms with van der Waals surface area (Å²) in [7, 11) is 1.32. The van der Waals surface area contributed by atoms with E-state index in [1.807, 2.05) is 0 Å². The van der Waals surface area contributed by atoms with Gasteiger partial charge in [-0.25, -0.2) is 4.39 Å². The molecule has 2 heterocycles. The first kappa shape index (κ1) is 19.3. The van der Waals surface area contributed by atoms with E-state index < -0.39 is 0 Å². The molecule has 3 rings (SSSR count). The van der Waals surface area contributed by atoms with E-state index in [2.05, 4.69) is 4.74 Å². The Labute approximate surface area is 165 Å². The molecule has 1 aromatic carbocycles. The maximum Gasteiger partial charge on any atom is 0.305 e. The third-order valence-electron chi connectivity index (χ3n) is 3.90. The number of thioether (sulfide) groups is 1.